The molecule has 52 heavy (non-hydrogen) atoms. The molecule has 8 aromatic carbocycles. The van der Waals surface area contributed by atoms with Gasteiger partial charge in [-0.05, 0) is 92.7 Å². The van der Waals surface area contributed by atoms with Crippen LogP contribution in [0.1, 0.15) is 0 Å². The maximum atomic E-state index is 6.16. The summed E-state index contributed by atoms with van der Waals surface area (Å²) in [5.41, 5.74) is 12.3. The average molecular weight is 666 g/mol. The molecule has 0 saturated heterocycles. The summed E-state index contributed by atoms with van der Waals surface area (Å²) in [5, 5.41) is 13.6. The predicted molar refractivity (Wildman–Crippen MR) is 213 cm³/mol. The van der Waals surface area contributed by atoms with Crippen LogP contribution in [-0.4, -0.2) is 14.8 Å². The van der Waals surface area contributed by atoms with Gasteiger partial charge in [0.25, 0.3) is 0 Å². The fraction of sp³-hybridized carbons (Fsp3) is 0. The molecule has 0 aliphatic rings. The van der Waals surface area contributed by atoms with E-state index in [9.17, 15) is 0 Å². The van der Waals surface area contributed by atoms with E-state index in [1.807, 2.05) is 18.2 Å². The first kappa shape index (κ1) is 29.8. The third kappa shape index (κ3) is 5.09. The molecule has 0 aliphatic carbocycles. The Bertz CT molecular complexity index is 2840. The molecule has 0 N–H and O–H groups in total. The smallest absolute Gasteiger partial charge is 0.248 e. The quantitative estimate of drug-likeness (QED) is 0.178. The van der Waals surface area contributed by atoms with Crippen LogP contribution < -0.4 is 0 Å². The molecular formula is C48H31N3O. The molecule has 244 valence electrons. The summed E-state index contributed by atoms with van der Waals surface area (Å²) in [6, 6.07) is 66.4. The lowest BCUT2D eigenvalue weighted by atomic mass is 9.89. The highest BCUT2D eigenvalue weighted by Crippen LogP contribution is 2.39. The van der Waals surface area contributed by atoms with Crippen LogP contribution in [0.25, 0.3) is 94.6 Å². The zero-order chi connectivity index (χ0) is 34.4. The fourth-order valence-corrected chi connectivity index (χ4v) is 7.50. The highest BCUT2D eigenvalue weighted by Gasteiger charge is 2.16. The first-order valence-corrected chi connectivity index (χ1v) is 17.5. The van der Waals surface area contributed by atoms with Crippen LogP contribution in [-0.2, 0) is 0 Å². The van der Waals surface area contributed by atoms with Crippen LogP contribution >= 0.6 is 0 Å². The maximum absolute atomic E-state index is 6.16. The zero-order valence-electron chi connectivity index (χ0n) is 28.1. The van der Waals surface area contributed by atoms with Crippen molar-refractivity contribution < 1.29 is 4.42 Å². The van der Waals surface area contributed by atoms with Crippen LogP contribution in [0.4, 0.5) is 0 Å². The van der Waals surface area contributed by atoms with Gasteiger partial charge in [0.1, 0.15) is 0 Å². The van der Waals surface area contributed by atoms with Gasteiger partial charge in [-0.15, -0.1) is 10.2 Å². The second kappa shape index (κ2) is 12.4. The Balaban J connectivity index is 0.972. The number of aromatic nitrogens is 3. The Morgan fingerprint density at radius 3 is 1.40 bits per heavy atom. The number of hydrogen-bond acceptors (Lipinski definition) is 3. The highest BCUT2D eigenvalue weighted by molar-refractivity contribution is 6.09. The lowest BCUT2D eigenvalue weighted by Crippen LogP contribution is -1.94. The summed E-state index contributed by atoms with van der Waals surface area (Å²) in [6.45, 7) is 0. The van der Waals surface area contributed by atoms with E-state index in [-0.39, 0.29) is 0 Å². The van der Waals surface area contributed by atoms with Crippen LogP contribution in [0.2, 0.25) is 0 Å². The van der Waals surface area contributed by atoms with Crippen molar-refractivity contribution in [3.05, 3.63) is 188 Å². The summed E-state index contributed by atoms with van der Waals surface area (Å²) in [6.07, 6.45) is 0. The van der Waals surface area contributed by atoms with Crippen molar-refractivity contribution in [1.29, 1.82) is 0 Å². The average Bonchev–Trinajstić information content (AvgIpc) is 3.85. The fourth-order valence-electron chi connectivity index (χ4n) is 7.50. The molecular weight excluding hydrogens is 635 g/mol. The van der Waals surface area contributed by atoms with Crippen LogP contribution in [0.3, 0.4) is 0 Å². The standard InChI is InChI=1S/C48H31N3O/c1-2-12-36-31-37(26-21-32(36)11-1)48-50-49-47(52-48)35-24-22-33(23-25-35)39-13-3-5-15-41(39)42-16-6-4-14-40(42)34-27-29-38(30-28-34)51-45-19-9-7-17-43(45)44-18-8-10-20-46(44)51/h1-31H. The van der Waals surface area contributed by atoms with Crippen molar-refractivity contribution >= 4 is 32.6 Å². The molecule has 4 nitrogen and oxygen atoms in total. The summed E-state index contributed by atoms with van der Waals surface area (Å²) < 4.78 is 8.52. The summed E-state index contributed by atoms with van der Waals surface area (Å²) in [7, 11) is 0. The van der Waals surface area contributed by atoms with Crippen molar-refractivity contribution in [2.75, 3.05) is 0 Å². The highest BCUT2D eigenvalue weighted by atomic mass is 16.4. The van der Waals surface area contributed by atoms with Gasteiger partial charge in [0.15, 0.2) is 0 Å². The van der Waals surface area contributed by atoms with Gasteiger partial charge in [-0.2, -0.15) is 0 Å². The monoisotopic (exact) mass is 665 g/mol. The third-order valence-corrected chi connectivity index (χ3v) is 10.0. The van der Waals surface area contributed by atoms with Gasteiger partial charge in [0.05, 0.1) is 11.0 Å². The first-order valence-electron chi connectivity index (χ1n) is 17.5. The van der Waals surface area contributed by atoms with Crippen LogP contribution in [0.5, 0.6) is 0 Å². The van der Waals surface area contributed by atoms with E-state index in [1.165, 1.54) is 49.4 Å². The predicted octanol–water partition coefficient (Wildman–Crippen LogP) is 12.7. The Hall–Kier alpha value is -7.04. The maximum Gasteiger partial charge on any atom is 0.248 e. The van der Waals surface area contributed by atoms with Gasteiger partial charge in [-0.25, -0.2) is 0 Å². The number of fused-ring (bicyclic) bond motifs is 4. The summed E-state index contributed by atoms with van der Waals surface area (Å²) in [4.78, 5) is 0. The van der Waals surface area contributed by atoms with Crippen LogP contribution in [0.15, 0.2) is 192 Å². The van der Waals surface area contributed by atoms with E-state index in [1.54, 1.807) is 0 Å². The normalized spacial score (nSPS) is 11.5. The Kier molecular flexibility index (Phi) is 7.10. The molecule has 0 amide bonds. The van der Waals surface area contributed by atoms with Crippen molar-refractivity contribution in [2.45, 2.75) is 0 Å². The van der Waals surface area contributed by atoms with E-state index in [2.05, 4.69) is 185 Å². The zero-order valence-corrected chi connectivity index (χ0v) is 28.1. The first-order chi connectivity index (χ1) is 25.8. The minimum Gasteiger partial charge on any atom is -0.416 e. The molecule has 0 atom stereocenters. The van der Waals surface area contributed by atoms with Crippen molar-refractivity contribution in [2.24, 2.45) is 0 Å². The largest absolute Gasteiger partial charge is 0.416 e. The second-order valence-electron chi connectivity index (χ2n) is 13.1. The molecule has 0 aliphatic heterocycles. The van der Waals surface area contributed by atoms with Crippen LogP contribution in [0, 0.1) is 0 Å². The van der Waals surface area contributed by atoms with Gasteiger partial charge >= 0.3 is 0 Å². The molecule has 2 aromatic heterocycles. The molecule has 0 bridgehead atoms. The molecule has 0 spiro atoms. The third-order valence-electron chi connectivity index (χ3n) is 10.0. The van der Waals surface area contributed by atoms with E-state index >= 15 is 0 Å². The van der Waals surface area contributed by atoms with Gasteiger partial charge < -0.3 is 8.98 Å². The van der Waals surface area contributed by atoms with Gasteiger partial charge in [-0.1, -0.05) is 140 Å². The van der Waals surface area contributed by atoms with E-state index in [4.69, 9.17) is 4.42 Å². The SMILES string of the molecule is c1ccc(-c2ccccc2-c2ccc(-n3c4ccccc4c4ccccc43)cc2)c(-c2ccc(-c3nnc(-c4ccc5ccccc5c4)o3)cc2)c1. The number of rotatable bonds is 6. The minimum absolute atomic E-state index is 0.498. The minimum atomic E-state index is 0.498. The molecule has 0 saturated carbocycles. The van der Waals surface area contributed by atoms with Crippen molar-refractivity contribution in [3.8, 4) is 62.0 Å². The number of benzene rings is 8. The molecule has 0 radical (unpaired) electrons. The number of hydrogen-bond donors (Lipinski definition) is 0. The second-order valence-corrected chi connectivity index (χ2v) is 13.1. The molecule has 10 aromatic rings. The lowest BCUT2D eigenvalue weighted by Gasteiger charge is -2.15. The molecule has 10 rings (SSSR count). The molecule has 0 fully saturated rings. The lowest BCUT2D eigenvalue weighted by molar-refractivity contribution is 0.584. The van der Waals surface area contributed by atoms with Crippen molar-refractivity contribution in [1.82, 2.24) is 14.8 Å². The van der Waals surface area contributed by atoms with Gasteiger partial charge in [0.2, 0.25) is 11.8 Å². The van der Waals surface area contributed by atoms with E-state index in [0.717, 1.165) is 33.3 Å². The Morgan fingerprint density at radius 2 is 0.788 bits per heavy atom. The Labute approximate surface area is 300 Å². The van der Waals surface area contributed by atoms with Gasteiger partial charge in [-0.3, -0.25) is 0 Å². The number of para-hydroxylation sites is 2. The van der Waals surface area contributed by atoms with Crippen molar-refractivity contribution in [3.63, 3.8) is 0 Å². The van der Waals surface area contributed by atoms with Gasteiger partial charge in [0, 0.05) is 27.6 Å². The molecule has 2 heterocycles. The van der Waals surface area contributed by atoms with E-state index < -0.39 is 0 Å². The molecule has 0 unspecified atom stereocenters. The summed E-state index contributed by atoms with van der Waals surface area (Å²) in [5.74, 6) is 1.01. The number of nitrogens with zero attached hydrogens (tertiary/aromatic N) is 3. The topological polar surface area (TPSA) is 43.9 Å². The summed E-state index contributed by atoms with van der Waals surface area (Å²) >= 11 is 0. The van der Waals surface area contributed by atoms with E-state index in [0.29, 0.717) is 11.8 Å². The Morgan fingerprint density at radius 1 is 0.346 bits per heavy atom. The molecule has 4 heteroatoms.